The molecule has 0 aliphatic carbocycles. The number of carbonyl (C=O) groups excluding carboxylic acids is 1. The maximum atomic E-state index is 11.5. The minimum atomic E-state index is -0.174. The molecule has 0 radical (unpaired) electrons. The van der Waals surface area contributed by atoms with E-state index in [-0.39, 0.29) is 5.97 Å². The Morgan fingerprint density at radius 3 is 2.62 bits per heavy atom. The SMILES string of the molecule is CCOC(=O)CN(CC)Cc1ccc(-n2cccn2)cc1. The van der Waals surface area contributed by atoms with Crippen LogP contribution >= 0.6 is 0 Å². The summed E-state index contributed by atoms with van der Waals surface area (Å²) in [6, 6.07) is 10.1. The third-order valence-electron chi connectivity index (χ3n) is 3.22. The molecule has 1 heterocycles. The highest BCUT2D eigenvalue weighted by atomic mass is 16.5. The molecule has 0 saturated heterocycles. The predicted molar refractivity (Wildman–Crippen MR) is 81.1 cm³/mol. The summed E-state index contributed by atoms with van der Waals surface area (Å²) < 4.78 is 6.81. The lowest BCUT2D eigenvalue weighted by Gasteiger charge is -2.19. The van der Waals surface area contributed by atoms with E-state index in [1.165, 1.54) is 0 Å². The van der Waals surface area contributed by atoms with Crippen LogP contribution in [0.1, 0.15) is 19.4 Å². The van der Waals surface area contributed by atoms with Crippen molar-refractivity contribution in [3.8, 4) is 5.69 Å². The number of hydrogen-bond donors (Lipinski definition) is 0. The molecule has 0 atom stereocenters. The van der Waals surface area contributed by atoms with Gasteiger partial charge in [0.05, 0.1) is 18.8 Å². The van der Waals surface area contributed by atoms with E-state index in [4.69, 9.17) is 4.74 Å². The molecule has 2 aromatic rings. The molecule has 0 aliphatic heterocycles. The van der Waals surface area contributed by atoms with Crippen LogP contribution < -0.4 is 0 Å². The quantitative estimate of drug-likeness (QED) is 0.733. The summed E-state index contributed by atoms with van der Waals surface area (Å²) in [6.45, 7) is 6.15. The lowest BCUT2D eigenvalue weighted by atomic mass is 10.2. The van der Waals surface area contributed by atoms with Crippen molar-refractivity contribution >= 4 is 5.97 Å². The Hall–Kier alpha value is -2.14. The van der Waals surface area contributed by atoms with Gasteiger partial charge in [-0.05, 0) is 37.2 Å². The van der Waals surface area contributed by atoms with Gasteiger partial charge in [-0.15, -0.1) is 0 Å². The monoisotopic (exact) mass is 287 g/mol. The van der Waals surface area contributed by atoms with Crippen LogP contribution in [0.25, 0.3) is 5.69 Å². The molecule has 0 saturated carbocycles. The first-order valence-electron chi connectivity index (χ1n) is 7.19. The number of likely N-dealkylation sites (N-methyl/N-ethyl adjacent to an activating group) is 1. The zero-order valence-corrected chi connectivity index (χ0v) is 12.5. The number of esters is 1. The van der Waals surface area contributed by atoms with E-state index in [2.05, 4.69) is 22.1 Å². The molecular weight excluding hydrogens is 266 g/mol. The van der Waals surface area contributed by atoms with Crippen molar-refractivity contribution < 1.29 is 9.53 Å². The Kier molecular flexibility index (Phi) is 5.51. The highest BCUT2D eigenvalue weighted by Gasteiger charge is 2.10. The van der Waals surface area contributed by atoms with Crippen LogP contribution in [0.3, 0.4) is 0 Å². The van der Waals surface area contributed by atoms with Crippen LogP contribution in [-0.2, 0) is 16.1 Å². The van der Waals surface area contributed by atoms with E-state index in [0.717, 1.165) is 24.3 Å². The first kappa shape index (κ1) is 15.3. The molecular formula is C16H21N3O2. The molecule has 0 amide bonds. The van der Waals surface area contributed by atoms with Crippen LogP contribution in [0.2, 0.25) is 0 Å². The van der Waals surface area contributed by atoms with Crippen molar-refractivity contribution in [3.05, 3.63) is 48.3 Å². The highest BCUT2D eigenvalue weighted by molar-refractivity contribution is 5.71. The maximum Gasteiger partial charge on any atom is 0.320 e. The minimum Gasteiger partial charge on any atom is -0.465 e. The van der Waals surface area contributed by atoms with E-state index in [0.29, 0.717) is 13.2 Å². The zero-order chi connectivity index (χ0) is 15.1. The molecule has 5 nitrogen and oxygen atoms in total. The number of hydrogen-bond acceptors (Lipinski definition) is 4. The van der Waals surface area contributed by atoms with E-state index in [1.807, 2.05) is 42.9 Å². The lowest BCUT2D eigenvalue weighted by molar-refractivity contribution is -0.144. The van der Waals surface area contributed by atoms with Crippen molar-refractivity contribution in [2.24, 2.45) is 0 Å². The number of rotatable bonds is 7. The largest absolute Gasteiger partial charge is 0.465 e. The summed E-state index contributed by atoms with van der Waals surface area (Å²) in [4.78, 5) is 13.6. The van der Waals surface area contributed by atoms with Crippen LogP contribution in [0.4, 0.5) is 0 Å². The topological polar surface area (TPSA) is 47.4 Å². The predicted octanol–water partition coefficient (Wildman–Crippen LogP) is 2.26. The molecule has 1 aromatic heterocycles. The second-order valence-electron chi connectivity index (χ2n) is 4.73. The number of nitrogens with zero attached hydrogens (tertiary/aromatic N) is 3. The summed E-state index contributed by atoms with van der Waals surface area (Å²) >= 11 is 0. The molecule has 112 valence electrons. The summed E-state index contributed by atoms with van der Waals surface area (Å²) in [5, 5.41) is 4.20. The van der Waals surface area contributed by atoms with Crippen molar-refractivity contribution in [3.63, 3.8) is 0 Å². The third-order valence-corrected chi connectivity index (χ3v) is 3.22. The maximum absolute atomic E-state index is 11.5. The fraction of sp³-hybridized carbons (Fsp3) is 0.375. The van der Waals surface area contributed by atoms with Crippen molar-refractivity contribution in [2.75, 3.05) is 19.7 Å². The van der Waals surface area contributed by atoms with Gasteiger partial charge in [0.2, 0.25) is 0 Å². The van der Waals surface area contributed by atoms with Gasteiger partial charge in [0, 0.05) is 18.9 Å². The summed E-state index contributed by atoms with van der Waals surface area (Å²) in [6.07, 6.45) is 3.67. The van der Waals surface area contributed by atoms with Gasteiger partial charge in [0.25, 0.3) is 0 Å². The van der Waals surface area contributed by atoms with Crippen molar-refractivity contribution in [2.45, 2.75) is 20.4 Å². The number of benzene rings is 1. The molecule has 0 aliphatic rings. The molecule has 0 fully saturated rings. The van der Waals surface area contributed by atoms with Crippen molar-refractivity contribution in [1.29, 1.82) is 0 Å². The fourth-order valence-electron chi connectivity index (χ4n) is 2.10. The van der Waals surface area contributed by atoms with Crippen LogP contribution in [0.5, 0.6) is 0 Å². The van der Waals surface area contributed by atoms with Crippen LogP contribution in [0, 0.1) is 0 Å². The Morgan fingerprint density at radius 2 is 2.05 bits per heavy atom. The van der Waals surface area contributed by atoms with E-state index < -0.39 is 0 Å². The van der Waals surface area contributed by atoms with Gasteiger partial charge in [-0.25, -0.2) is 4.68 Å². The fourth-order valence-corrected chi connectivity index (χ4v) is 2.10. The Labute approximate surface area is 125 Å². The van der Waals surface area contributed by atoms with Gasteiger partial charge in [-0.1, -0.05) is 19.1 Å². The Morgan fingerprint density at radius 1 is 1.29 bits per heavy atom. The van der Waals surface area contributed by atoms with Gasteiger partial charge in [0.1, 0.15) is 0 Å². The van der Waals surface area contributed by atoms with Crippen molar-refractivity contribution in [1.82, 2.24) is 14.7 Å². The summed E-state index contributed by atoms with van der Waals surface area (Å²) in [5.41, 5.74) is 2.19. The number of aromatic nitrogens is 2. The standard InChI is InChI=1S/C16H21N3O2/c1-3-18(13-16(20)21-4-2)12-14-6-8-15(9-7-14)19-11-5-10-17-19/h5-11H,3-4,12-13H2,1-2H3. The number of ether oxygens (including phenoxy) is 1. The summed E-state index contributed by atoms with van der Waals surface area (Å²) in [7, 11) is 0. The summed E-state index contributed by atoms with van der Waals surface area (Å²) in [5.74, 6) is -0.174. The van der Waals surface area contributed by atoms with Crippen LogP contribution in [0.15, 0.2) is 42.7 Å². The Bertz CT molecular complexity index is 549. The first-order valence-corrected chi connectivity index (χ1v) is 7.19. The molecule has 21 heavy (non-hydrogen) atoms. The van der Waals surface area contributed by atoms with Gasteiger partial charge < -0.3 is 4.74 Å². The lowest BCUT2D eigenvalue weighted by Crippen LogP contribution is -2.30. The second kappa shape index (κ2) is 7.59. The molecule has 5 heteroatoms. The van der Waals surface area contributed by atoms with Gasteiger partial charge in [-0.3, -0.25) is 9.69 Å². The van der Waals surface area contributed by atoms with Gasteiger partial charge in [0.15, 0.2) is 0 Å². The average Bonchev–Trinajstić information content (AvgIpc) is 3.02. The molecule has 0 unspecified atom stereocenters. The molecule has 0 bridgehead atoms. The van der Waals surface area contributed by atoms with Crippen LogP contribution in [-0.4, -0.2) is 40.3 Å². The average molecular weight is 287 g/mol. The molecule has 2 rings (SSSR count). The highest BCUT2D eigenvalue weighted by Crippen LogP contribution is 2.10. The third kappa shape index (κ3) is 4.43. The normalized spacial score (nSPS) is 10.8. The van der Waals surface area contributed by atoms with Gasteiger partial charge >= 0.3 is 5.97 Å². The number of carbonyl (C=O) groups is 1. The van der Waals surface area contributed by atoms with E-state index in [1.54, 1.807) is 6.20 Å². The second-order valence-corrected chi connectivity index (χ2v) is 4.73. The zero-order valence-electron chi connectivity index (χ0n) is 12.5. The molecule has 0 spiro atoms. The molecule has 1 aromatic carbocycles. The van der Waals surface area contributed by atoms with E-state index >= 15 is 0 Å². The molecule has 0 N–H and O–H groups in total. The minimum absolute atomic E-state index is 0.174. The first-order chi connectivity index (χ1) is 10.2. The Balaban J connectivity index is 1.96. The van der Waals surface area contributed by atoms with Gasteiger partial charge in [-0.2, -0.15) is 5.10 Å². The smallest absolute Gasteiger partial charge is 0.320 e. The van der Waals surface area contributed by atoms with E-state index in [9.17, 15) is 4.79 Å².